The predicted molar refractivity (Wildman–Crippen MR) is 38.5 cm³/mol. The summed E-state index contributed by atoms with van der Waals surface area (Å²) >= 11 is 0. The van der Waals surface area contributed by atoms with Crippen molar-refractivity contribution in [2.45, 2.75) is 6.36 Å². The SMILES string of the molecule is OB(O)c1nccnc1OC(F)(F)F. The molecule has 1 aromatic heterocycles. The number of hydrogen-bond donors (Lipinski definition) is 2. The molecule has 0 amide bonds. The van der Waals surface area contributed by atoms with E-state index in [0.717, 1.165) is 12.4 Å². The normalized spacial score (nSPS) is 11.2. The van der Waals surface area contributed by atoms with Gasteiger partial charge in [-0.3, -0.25) is 4.98 Å². The number of rotatable bonds is 2. The molecule has 0 aliphatic rings. The minimum atomic E-state index is -4.94. The molecule has 0 saturated heterocycles. The Kier molecular flexibility index (Phi) is 2.92. The van der Waals surface area contributed by atoms with E-state index in [-0.39, 0.29) is 0 Å². The van der Waals surface area contributed by atoms with E-state index in [9.17, 15) is 13.2 Å². The summed E-state index contributed by atoms with van der Waals surface area (Å²) in [6.45, 7) is 0. The van der Waals surface area contributed by atoms with Gasteiger partial charge < -0.3 is 14.8 Å². The summed E-state index contributed by atoms with van der Waals surface area (Å²) in [5.41, 5.74) is -0.690. The van der Waals surface area contributed by atoms with E-state index >= 15 is 0 Å². The molecule has 0 unspecified atom stereocenters. The zero-order valence-corrected chi connectivity index (χ0v) is 6.56. The molecule has 1 rings (SSSR count). The van der Waals surface area contributed by atoms with Crippen LogP contribution in [0.25, 0.3) is 0 Å². The topological polar surface area (TPSA) is 75.5 Å². The third-order valence-corrected chi connectivity index (χ3v) is 1.15. The van der Waals surface area contributed by atoms with Gasteiger partial charge in [-0.1, -0.05) is 0 Å². The molecule has 0 aliphatic heterocycles. The van der Waals surface area contributed by atoms with Crippen molar-refractivity contribution in [3.63, 3.8) is 0 Å². The van der Waals surface area contributed by atoms with Gasteiger partial charge in [-0.25, -0.2) is 4.98 Å². The maximum absolute atomic E-state index is 11.7. The molecule has 0 radical (unpaired) electrons. The van der Waals surface area contributed by atoms with E-state index < -0.39 is 25.0 Å². The number of nitrogens with zero attached hydrogens (tertiary/aromatic N) is 2. The average molecular weight is 208 g/mol. The van der Waals surface area contributed by atoms with Crippen molar-refractivity contribution < 1.29 is 28.0 Å². The Balaban J connectivity index is 2.96. The van der Waals surface area contributed by atoms with Crippen molar-refractivity contribution in [2.75, 3.05) is 0 Å². The monoisotopic (exact) mass is 208 g/mol. The molecule has 2 N–H and O–H groups in total. The summed E-state index contributed by atoms with van der Waals surface area (Å²) in [4.78, 5) is 6.44. The van der Waals surface area contributed by atoms with Gasteiger partial charge in [0.05, 0.1) is 0 Å². The van der Waals surface area contributed by atoms with Gasteiger partial charge in [0.15, 0.2) is 0 Å². The van der Waals surface area contributed by atoms with E-state index in [0.29, 0.717) is 0 Å². The molecular formula is C5H4BF3N2O3. The fraction of sp³-hybridized carbons (Fsp3) is 0.200. The van der Waals surface area contributed by atoms with Gasteiger partial charge in [-0.05, 0) is 0 Å². The van der Waals surface area contributed by atoms with Crippen molar-refractivity contribution in [3.8, 4) is 5.88 Å². The number of hydrogen-bond acceptors (Lipinski definition) is 5. The minimum absolute atomic E-state index is 0.690. The number of alkyl halides is 3. The Morgan fingerprint density at radius 1 is 1.21 bits per heavy atom. The summed E-state index contributed by atoms with van der Waals surface area (Å²) in [6.07, 6.45) is -3.00. The molecule has 14 heavy (non-hydrogen) atoms. The molecule has 1 aromatic rings. The molecule has 0 saturated carbocycles. The molecule has 0 bridgehead atoms. The number of halogens is 3. The smallest absolute Gasteiger partial charge is 0.422 e. The third-order valence-electron chi connectivity index (χ3n) is 1.15. The first-order valence-corrected chi connectivity index (χ1v) is 3.33. The summed E-state index contributed by atoms with van der Waals surface area (Å²) in [6, 6.07) is 0. The van der Waals surface area contributed by atoms with Gasteiger partial charge in [0.2, 0.25) is 5.88 Å². The highest BCUT2D eigenvalue weighted by molar-refractivity contribution is 6.58. The fourth-order valence-electron chi connectivity index (χ4n) is 0.701. The molecule has 0 fully saturated rings. The standard InChI is InChI=1S/C5H4BF3N2O3/c7-5(8,9)14-4-3(6(12)13)10-1-2-11-4/h1-2,12-13H. The van der Waals surface area contributed by atoms with Crippen LogP contribution in [0.2, 0.25) is 0 Å². The second-order valence-corrected chi connectivity index (χ2v) is 2.17. The Hall–Kier alpha value is -1.35. The lowest BCUT2D eigenvalue weighted by Gasteiger charge is -2.09. The van der Waals surface area contributed by atoms with Gasteiger partial charge in [0.25, 0.3) is 0 Å². The maximum Gasteiger partial charge on any atom is 0.574 e. The van der Waals surface area contributed by atoms with Crippen LogP contribution < -0.4 is 10.3 Å². The van der Waals surface area contributed by atoms with Crippen LogP contribution in [0.1, 0.15) is 0 Å². The second-order valence-electron chi connectivity index (χ2n) is 2.17. The zero-order valence-electron chi connectivity index (χ0n) is 6.56. The van der Waals surface area contributed by atoms with Gasteiger partial charge in [-0.15, -0.1) is 13.2 Å². The zero-order chi connectivity index (χ0) is 10.8. The Bertz CT molecular complexity index is 319. The highest BCUT2D eigenvalue weighted by Gasteiger charge is 2.34. The Labute approximate surface area is 76.3 Å². The molecule has 76 valence electrons. The van der Waals surface area contributed by atoms with Crippen LogP contribution in [0.5, 0.6) is 5.88 Å². The van der Waals surface area contributed by atoms with Gasteiger partial charge in [0, 0.05) is 12.4 Å². The van der Waals surface area contributed by atoms with Crippen LogP contribution >= 0.6 is 0 Å². The lowest BCUT2D eigenvalue weighted by molar-refractivity contribution is -0.275. The molecule has 0 atom stereocenters. The van der Waals surface area contributed by atoms with Crippen molar-refractivity contribution in [1.29, 1.82) is 0 Å². The van der Waals surface area contributed by atoms with E-state index in [2.05, 4.69) is 14.7 Å². The highest BCUT2D eigenvalue weighted by atomic mass is 19.4. The van der Waals surface area contributed by atoms with E-state index in [1.165, 1.54) is 0 Å². The van der Waals surface area contributed by atoms with Gasteiger partial charge >= 0.3 is 13.5 Å². The number of aromatic nitrogens is 2. The van der Waals surface area contributed by atoms with E-state index in [4.69, 9.17) is 10.0 Å². The Morgan fingerprint density at radius 3 is 2.29 bits per heavy atom. The van der Waals surface area contributed by atoms with Crippen molar-refractivity contribution in [3.05, 3.63) is 12.4 Å². The van der Waals surface area contributed by atoms with E-state index in [1.807, 2.05) is 0 Å². The summed E-state index contributed by atoms with van der Waals surface area (Å²) in [5, 5.41) is 17.2. The minimum Gasteiger partial charge on any atom is -0.422 e. The molecule has 0 aromatic carbocycles. The summed E-state index contributed by atoms with van der Waals surface area (Å²) < 4.78 is 38.6. The van der Waals surface area contributed by atoms with Gasteiger partial charge in [0.1, 0.15) is 5.59 Å². The molecule has 5 nitrogen and oxygen atoms in total. The molecular weight excluding hydrogens is 204 g/mol. The van der Waals surface area contributed by atoms with Crippen LogP contribution in [0.15, 0.2) is 12.4 Å². The molecule has 1 heterocycles. The average Bonchev–Trinajstić information content (AvgIpc) is 2.01. The molecule has 0 spiro atoms. The lowest BCUT2D eigenvalue weighted by Crippen LogP contribution is -2.36. The largest absolute Gasteiger partial charge is 0.574 e. The van der Waals surface area contributed by atoms with Crippen molar-refractivity contribution in [1.82, 2.24) is 9.97 Å². The highest BCUT2D eigenvalue weighted by Crippen LogP contribution is 2.18. The first kappa shape index (κ1) is 10.7. The molecule has 0 aliphatic carbocycles. The summed E-state index contributed by atoms with van der Waals surface area (Å²) in [5.74, 6) is -0.977. The molecule has 9 heteroatoms. The van der Waals surface area contributed by atoms with Gasteiger partial charge in [-0.2, -0.15) is 0 Å². The Morgan fingerprint density at radius 2 is 1.79 bits per heavy atom. The van der Waals surface area contributed by atoms with Crippen LogP contribution in [-0.2, 0) is 0 Å². The van der Waals surface area contributed by atoms with Crippen LogP contribution in [-0.4, -0.2) is 33.5 Å². The van der Waals surface area contributed by atoms with Crippen LogP contribution in [0.3, 0.4) is 0 Å². The predicted octanol–water partition coefficient (Wildman–Crippen LogP) is -0.945. The number of ether oxygens (including phenoxy) is 1. The quantitative estimate of drug-likeness (QED) is 0.613. The van der Waals surface area contributed by atoms with Crippen LogP contribution in [0.4, 0.5) is 13.2 Å². The first-order chi connectivity index (χ1) is 6.40. The fourth-order valence-corrected chi connectivity index (χ4v) is 0.701. The second kappa shape index (κ2) is 3.80. The van der Waals surface area contributed by atoms with E-state index in [1.54, 1.807) is 0 Å². The van der Waals surface area contributed by atoms with Crippen molar-refractivity contribution in [2.24, 2.45) is 0 Å². The lowest BCUT2D eigenvalue weighted by atomic mass is 9.86. The summed E-state index contributed by atoms with van der Waals surface area (Å²) in [7, 11) is -2.17. The van der Waals surface area contributed by atoms with Crippen molar-refractivity contribution >= 4 is 12.7 Å². The maximum atomic E-state index is 11.7. The van der Waals surface area contributed by atoms with Crippen LogP contribution in [0, 0.1) is 0 Å². The first-order valence-electron chi connectivity index (χ1n) is 3.33. The third kappa shape index (κ3) is 2.85.